The molecule has 0 unspecified atom stereocenters. The third-order valence-corrected chi connectivity index (χ3v) is 5.55. The molecule has 0 atom stereocenters. The highest BCUT2D eigenvalue weighted by atomic mass is 35.5. The summed E-state index contributed by atoms with van der Waals surface area (Å²) in [5.74, 6) is -0.373. The summed E-state index contributed by atoms with van der Waals surface area (Å²) in [7, 11) is 1.33. The van der Waals surface area contributed by atoms with Crippen molar-refractivity contribution in [3.8, 4) is 5.75 Å². The zero-order chi connectivity index (χ0) is 21.2. The molecule has 6 nitrogen and oxygen atoms in total. The SMILES string of the molecule is COC(=O)Cn1c(=NC(=O)C(C)(C)Oc2ccc(Cl)cc2)sc2cc(C)ccc21. The van der Waals surface area contributed by atoms with Gasteiger partial charge in [0.25, 0.3) is 5.91 Å². The zero-order valence-electron chi connectivity index (χ0n) is 16.6. The second-order valence-electron chi connectivity index (χ2n) is 7.00. The molecule has 8 heteroatoms. The number of carbonyl (C=O) groups is 2. The standard InChI is InChI=1S/C21H21ClN2O4S/c1-13-5-10-16-17(11-13)29-20(24(16)12-18(25)27-4)23-19(26)21(2,3)28-15-8-6-14(22)7-9-15/h5-11H,12H2,1-4H3. The smallest absolute Gasteiger partial charge is 0.325 e. The van der Waals surface area contributed by atoms with Gasteiger partial charge in [0, 0.05) is 5.02 Å². The van der Waals surface area contributed by atoms with Gasteiger partial charge in [0.05, 0.1) is 17.3 Å². The van der Waals surface area contributed by atoms with E-state index in [0.717, 1.165) is 15.8 Å². The first-order valence-corrected chi connectivity index (χ1v) is 10.1. The van der Waals surface area contributed by atoms with Gasteiger partial charge < -0.3 is 14.0 Å². The highest BCUT2D eigenvalue weighted by Crippen LogP contribution is 2.23. The number of nitrogens with zero attached hydrogens (tertiary/aromatic N) is 2. The minimum absolute atomic E-state index is 0.0376. The summed E-state index contributed by atoms with van der Waals surface area (Å²) in [6.07, 6.45) is 0. The Labute approximate surface area is 177 Å². The first-order chi connectivity index (χ1) is 13.7. The number of aryl methyl sites for hydroxylation is 1. The number of hydrogen-bond acceptors (Lipinski definition) is 5. The fraction of sp³-hybridized carbons (Fsp3) is 0.286. The Bertz CT molecular complexity index is 1130. The average molecular weight is 433 g/mol. The molecule has 1 amide bonds. The number of thiazole rings is 1. The molecule has 152 valence electrons. The van der Waals surface area contributed by atoms with Crippen LogP contribution in [0.3, 0.4) is 0 Å². The molecule has 3 rings (SSSR count). The number of hydrogen-bond donors (Lipinski definition) is 0. The van der Waals surface area contributed by atoms with Crippen molar-refractivity contribution in [2.75, 3.05) is 7.11 Å². The van der Waals surface area contributed by atoms with E-state index in [1.165, 1.54) is 18.4 Å². The van der Waals surface area contributed by atoms with Crippen LogP contribution in [0.5, 0.6) is 5.75 Å². The molecule has 0 saturated carbocycles. The first-order valence-electron chi connectivity index (χ1n) is 8.90. The van der Waals surface area contributed by atoms with Gasteiger partial charge in [-0.2, -0.15) is 4.99 Å². The topological polar surface area (TPSA) is 69.9 Å². The summed E-state index contributed by atoms with van der Waals surface area (Å²) in [6.45, 7) is 5.24. The summed E-state index contributed by atoms with van der Waals surface area (Å²) in [5, 5.41) is 0.579. The van der Waals surface area contributed by atoms with E-state index in [0.29, 0.717) is 15.6 Å². The van der Waals surface area contributed by atoms with Gasteiger partial charge in [-0.05, 0) is 62.7 Å². The van der Waals surface area contributed by atoms with Gasteiger partial charge in [-0.25, -0.2) is 0 Å². The Morgan fingerprint density at radius 2 is 1.86 bits per heavy atom. The average Bonchev–Trinajstić information content (AvgIpc) is 2.99. The highest BCUT2D eigenvalue weighted by molar-refractivity contribution is 7.16. The van der Waals surface area contributed by atoms with Gasteiger partial charge in [-0.15, -0.1) is 0 Å². The van der Waals surface area contributed by atoms with E-state index in [2.05, 4.69) is 4.99 Å². The van der Waals surface area contributed by atoms with Crippen molar-refractivity contribution >= 4 is 45.0 Å². The Kier molecular flexibility index (Phi) is 6.10. The van der Waals surface area contributed by atoms with Crippen molar-refractivity contribution in [2.24, 2.45) is 4.99 Å². The number of fused-ring (bicyclic) bond motifs is 1. The number of halogens is 1. The monoisotopic (exact) mass is 432 g/mol. The lowest BCUT2D eigenvalue weighted by Gasteiger charge is -2.22. The lowest BCUT2D eigenvalue weighted by molar-refractivity contribution is -0.141. The van der Waals surface area contributed by atoms with Crippen molar-refractivity contribution in [3.63, 3.8) is 0 Å². The molecule has 1 aromatic heterocycles. The molecule has 0 saturated heterocycles. The van der Waals surface area contributed by atoms with E-state index in [1.54, 1.807) is 42.7 Å². The molecule has 3 aromatic rings. The quantitative estimate of drug-likeness (QED) is 0.568. The number of benzene rings is 2. The molecule has 29 heavy (non-hydrogen) atoms. The lowest BCUT2D eigenvalue weighted by atomic mass is 10.1. The molecule has 0 aliphatic rings. The maximum atomic E-state index is 12.9. The molecule has 0 fully saturated rings. The molecule has 0 bridgehead atoms. The molecule has 1 heterocycles. The molecular formula is C21H21ClN2O4S. The van der Waals surface area contributed by atoms with Crippen LogP contribution in [0.25, 0.3) is 10.2 Å². The minimum atomic E-state index is -1.21. The van der Waals surface area contributed by atoms with Crippen LogP contribution in [0.4, 0.5) is 0 Å². The third kappa shape index (κ3) is 4.86. The predicted molar refractivity (Wildman–Crippen MR) is 113 cm³/mol. The van der Waals surface area contributed by atoms with Gasteiger partial charge in [0.15, 0.2) is 10.4 Å². The third-order valence-electron chi connectivity index (χ3n) is 4.25. The molecule has 0 spiro atoms. The summed E-state index contributed by atoms with van der Waals surface area (Å²) >= 11 is 7.23. The van der Waals surface area contributed by atoms with E-state index in [4.69, 9.17) is 21.1 Å². The minimum Gasteiger partial charge on any atom is -0.478 e. The maximum Gasteiger partial charge on any atom is 0.325 e. The van der Waals surface area contributed by atoms with Gasteiger partial charge in [-0.1, -0.05) is 29.0 Å². The highest BCUT2D eigenvalue weighted by Gasteiger charge is 2.30. The van der Waals surface area contributed by atoms with E-state index in [-0.39, 0.29) is 6.54 Å². The van der Waals surface area contributed by atoms with Crippen LogP contribution in [0.1, 0.15) is 19.4 Å². The first kappa shape index (κ1) is 21.1. The van der Waals surface area contributed by atoms with Crippen LogP contribution in [-0.2, 0) is 20.9 Å². The molecule has 0 radical (unpaired) electrons. The fourth-order valence-electron chi connectivity index (χ4n) is 2.67. The molecule has 2 aromatic carbocycles. The van der Waals surface area contributed by atoms with Crippen LogP contribution in [0.15, 0.2) is 47.5 Å². The summed E-state index contributed by atoms with van der Waals surface area (Å²) in [5.41, 5.74) is 0.686. The summed E-state index contributed by atoms with van der Waals surface area (Å²) < 4.78 is 13.2. The summed E-state index contributed by atoms with van der Waals surface area (Å²) in [6, 6.07) is 12.6. The number of esters is 1. The number of methoxy groups -OCH3 is 1. The second-order valence-corrected chi connectivity index (χ2v) is 8.45. The van der Waals surface area contributed by atoms with Gasteiger partial charge >= 0.3 is 5.97 Å². The largest absolute Gasteiger partial charge is 0.478 e. The lowest BCUT2D eigenvalue weighted by Crippen LogP contribution is -2.38. The Morgan fingerprint density at radius 1 is 1.17 bits per heavy atom. The fourth-order valence-corrected chi connectivity index (χ4v) is 3.93. The number of ether oxygens (including phenoxy) is 2. The van der Waals surface area contributed by atoms with Crippen molar-refractivity contribution < 1.29 is 19.1 Å². The normalized spacial score (nSPS) is 12.2. The number of carbonyl (C=O) groups excluding carboxylic acids is 2. The second kappa shape index (κ2) is 8.39. The van der Waals surface area contributed by atoms with Crippen molar-refractivity contribution in [3.05, 3.63) is 57.9 Å². The van der Waals surface area contributed by atoms with E-state index in [9.17, 15) is 9.59 Å². The van der Waals surface area contributed by atoms with Crippen LogP contribution < -0.4 is 9.54 Å². The Hall–Kier alpha value is -2.64. The Morgan fingerprint density at radius 3 is 2.52 bits per heavy atom. The van der Waals surface area contributed by atoms with Gasteiger partial charge in [0.2, 0.25) is 0 Å². The summed E-state index contributed by atoms with van der Waals surface area (Å²) in [4.78, 5) is 29.5. The van der Waals surface area contributed by atoms with Crippen molar-refractivity contribution in [1.82, 2.24) is 4.57 Å². The molecule has 0 N–H and O–H groups in total. The van der Waals surface area contributed by atoms with Crippen LogP contribution in [0, 0.1) is 6.92 Å². The van der Waals surface area contributed by atoms with E-state index >= 15 is 0 Å². The molecule has 0 aliphatic carbocycles. The van der Waals surface area contributed by atoms with Gasteiger partial charge in [-0.3, -0.25) is 9.59 Å². The zero-order valence-corrected chi connectivity index (χ0v) is 18.1. The van der Waals surface area contributed by atoms with Crippen molar-refractivity contribution in [2.45, 2.75) is 32.9 Å². The van der Waals surface area contributed by atoms with E-state index in [1.807, 2.05) is 25.1 Å². The van der Waals surface area contributed by atoms with Crippen molar-refractivity contribution in [1.29, 1.82) is 0 Å². The van der Waals surface area contributed by atoms with E-state index < -0.39 is 17.5 Å². The number of amides is 1. The van der Waals surface area contributed by atoms with Crippen LogP contribution >= 0.6 is 22.9 Å². The predicted octanol–water partition coefficient (Wildman–Crippen LogP) is 4.12. The van der Waals surface area contributed by atoms with Crippen LogP contribution in [-0.4, -0.2) is 29.2 Å². The maximum absolute atomic E-state index is 12.9. The number of rotatable bonds is 5. The van der Waals surface area contributed by atoms with Crippen LogP contribution in [0.2, 0.25) is 5.02 Å². The molecule has 0 aliphatic heterocycles. The number of aromatic nitrogens is 1. The van der Waals surface area contributed by atoms with Gasteiger partial charge in [0.1, 0.15) is 12.3 Å². The Balaban J connectivity index is 2.00. The molecular weight excluding hydrogens is 412 g/mol.